The maximum Gasteiger partial charge on any atom is 0.323 e. The van der Waals surface area contributed by atoms with Gasteiger partial charge >= 0.3 is 5.97 Å². The van der Waals surface area contributed by atoms with Gasteiger partial charge in [0, 0.05) is 26.1 Å². The molecule has 1 aliphatic heterocycles. The number of para-hydroxylation sites is 1. The molecule has 148 valence electrons. The molecule has 27 heavy (non-hydrogen) atoms. The van der Waals surface area contributed by atoms with Crippen LogP contribution >= 0.6 is 0 Å². The van der Waals surface area contributed by atoms with Crippen molar-refractivity contribution in [1.82, 2.24) is 9.80 Å². The molecular weight excluding hydrogens is 352 g/mol. The summed E-state index contributed by atoms with van der Waals surface area (Å²) >= 11 is 0. The van der Waals surface area contributed by atoms with Crippen LogP contribution in [0, 0.1) is 0 Å². The van der Waals surface area contributed by atoms with Gasteiger partial charge in [-0.15, -0.1) is 0 Å². The molecule has 0 saturated carbocycles. The highest BCUT2D eigenvalue weighted by atomic mass is 16.5. The lowest BCUT2D eigenvalue weighted by atomic mass is 10.1. The van der Waals surface area contributed by atoms with Gasteiger partial charge in [-0.3, -0.25) is 14.4 Å². The third-order valence-corrected chi connectivity index (χ3v) is 4.77. The zero-order chi connectivity index (χ0) is 20.0. The molecule has 1 aromatic carbocycles. The number of benzene rings is 1. The molecule has 8 heteroatoms. The van der Waals surface area contributed by atoms with Gasteiger partial charge in [0.25, 0.3) is 5.91 Å². The minimum absolute atomic E-state index is 0.168. The Morgan fingerprint density at radius 3 is 2.52 bits per heavy atom. The summed E-state index contributed by atoms with van der Waals surface area (Å²) in [5.41, 5.74) is 0.421. The summed E-state index contributed by atoms with van der Waals surface area (Å²) in [6.45, 7) is 2.03. The van der Waals surface area contributed by atoms with Gasteiger partial charge in [0.1, 0.15) is 6.54 Å². The van der Waals surface area contributed by atoms with Crippen LogP contribution < -0.4 is 9.47 Å². The third-order valence-electron chi connectivity index (χ3n) is 4.77. The van der Waals surface area contributed by atoms with E-state index in [9.17, 15) is 14.4 Å². The number of carboxylic acids is 1. The highest BCUT2D eigenvalue weighted by Crippen LogP contribution is 2.32. The summed E-state index contributed by atoms with van der Waals surface area (Å²) < 4.78 is 10.6. The van der Waals surface area contributed by atoms with Gasteiger partial charge in [-0.1, -0.05) is 6.07 Å². The number of hydrogen-bond acceptors (Lipinski definition) is 5. The number of likely N-dealkylation sites (tertiary alicyclic amines) is 1. The largest absolute Gasteiger partial charge is 0.493 e. The average molecular weight is 378 g/mol. The summed E-state index contributed by atoms with van der Waals surface area (Å²) in [7, 11) is 3.01. The molecule has 2 amide bonds. The number of aliphatic carboxylic acids is 1. The molecule has 1 aromatic rings. The Morgan fingerprint density at radius 2 is 1.93 bits per heavy atom. The molecule has 0 spiro atoms. The highest BCUT2D eigenvalue weighted by molar-refractivity contribution is 5.97. The van der Waals surface area contributed by atoms with Crippen LogP contribution in [0.4, 0.5) is 0 Å². The number of rotatable bonds is 6. The second-order valence-electron chi connectivity index (χ2n) is 6.46. The molecule has 0 bridgehead atoms. The van der Waals surface area contributed by atoms with Crippen molar-refractivity contribution in [2.24, 2.45) is 0 Å². The standard InChI is InChI=1S/C19H26N2O6/c1-13(22)21(12-17(23)24)14-6-5-10-20(11-9-14)19(25)15-7-4-8-16(26-2)18(15)27-3/h4,7-8,14H,5-6,9-12H2,1-3H3,(H,23,24)/t14-/m0/s1. The summed E-state index contributed by atoms with van der Waals surface area (Å²) in [4.78, 5) is 39.0. The average Bonchev–Trinajstić information content (AvgIpc) is 2.90. The number of amides is 2. The maximum atomic E-state index is 13.0. The lowest BCUT2D eigenvalue weighted by Crippen LogP contribution is -2.43. The Kier molecular flexibility index (Phi) is 7.04. The zero-order valence-electron chi connectivity index (χ0n) is 15.9. The lowest BCUT2D eigenvalue weighted by Gasteiger charge is -2.29. The fourth-order valence-corrected chi connectivity index (χ4v) is 3.46. The molecule has 8 nitrogen and oxygen atoms in total. The van der Waals surface area contributed by atoms with Gasteiger partial charge in [0.2, 0.25) is 5.91 Å². The summed E-state index contributed by atoms with van der Waals surface area (Å²) in [6, 6.07) is 4.96. The first-order valence-corrected chi connectivity index (χ1v) is 8.88. The first-order chi connectivity index (χ1) is 12.9. The van der Waals surface area contributed by atoms with Gasteiger partial charge in [0.05, 0.1) is 19.8 Å². The smallest absolute Gasteiger partial charge is 0.323 e. The van der Waals surface area contributed by atoms with Crippen LogP contribution in [-0.4, -0.2) is 72.6 Å². The van der Waals surface area contributed by atoms with Crippen molar-refractivity contribution in [3.8, 4) is 11.5 Å². The van der Waals surface area contributed by atoms with Crippen molar-refractivity contribution < 1.29 is 29.0 Å². The van der Waals surface area contributed by atoms with E-state index in [0.717, 1.165) is 0 Å². The van der Waals surface area contributed by atoms with Gasteiger partial charge in [-0.2, -0.15) is 0 Å². The molecule has 0 aliphatic carbocycles. The minimum Gasteiger partial charge on any atom is -0.493 e. The molecular formula is C19H26N2O6. The summed E-state index contributed by atoms with van der Waals surface area (Å²) in [5, 5.41) is 9.05. The Balaban J connectivity index is 2.15. The number of ether oxygens (including phenoxy) is 2. The fourth-order valence-electron chi connectivity index (χ4n) is 3.46. The predicted molar refractivity (Wildman–Crippen MR) is 98.1 cm³/mol. The van der Waals surface area contributed by atoms with Crippen LogP contribution in [0.15, 0.2) is 18.2 Å². The summed E-state index contributed by atoms with van der Waals surface area (Å²) in [5.74, 6) is -0.596. The Hall–Kier alpha value is -2.77. The quantitative estimate of drug-likeness (QED) is 0.808. The molecule has 1 atom stereocenters. The molecule has 0 aromatic heterocycles. The lowest BCUT2D eigenvalue weighted by molar-refractivity contribution is -0.145. The number of nitrogens with zero attached hydrogens (tertiary/aromatic N) is 2. The Morgan fingerprint density at radius 1 is 1.19 bits per heavy atom. The fraction of sp³-hybridized carbons (Fsp3) is 0.526. The molecule has 2 rings (SSSR count). The molecule has 1 aliphatic rings. The third kappa shape index (κ3) is 4.90. The number of hydrogen-bond donors (Lipinski definition) is 1. The van der Waals surface area contributed by atoms with Crippen LogP contribution in [-0.2, 0) is 9.59 Å². The van der Waals surface area contributed by atoms with Gasteiger partial charge < -0.3 is 24.4 Å². The first-order valence-electron chi connectivity index (χ1n) is 8.88. The van der Waals surface area contributed by atoms with E-state index < -0.39 is 5.97 Å². The van der Waals surface area contributed by atoms with Crippen LogP contribution in [0.2, 0.25) is 0 Å². The minimum atomic E-state index is -1.04. The van der Waals surface area contributed by atoms with E-state index in [1.54, 1.807) is 23.1 Å². The predicted octanol–water partition coefficient (Wildman–Crippen LogP) is 1.63. The normalized spacial score (nSPS) is 17.0. The van der Waals surface area contributed by atoms with Crippen LogP contribution in [0.1, 0.15) is 36.5 Å². The molecule has 0 unspecified atom stereocenters. The number of methoxy groups -OCH3 is 2. The van der Waals surface area contributed by atoms with E-state index in [0.29, 0.717) is 49.4 Å². The van der Waals surface area contributed by atoms with Crippen LogP contribution in [0.5, 0.6) is 11.5 Å². The number of carbonyl (C=O) groups excluding carboxylic acids is 2. The monoisotopic (exact) mass is 378 g/mol. The first kappa shape index (κ1) is 20.5. The van der Waals surface area contributed by atoms with Crippen molar-refractivity contribution >= 4 is 17.8 Å². The maximum absolute atomic E-state index is 13.0. The van der Waals surface area contributed by atoms with E-state index in [1.807, 2.05) is 0 Å². The van der Waals surface area contributed by atoms with E-state index in [-0.39, 0.29) is 24.4 Å². The van der Waals surface area contributed by atoms with Crippen molar-refractivity contribution in [2.45, 2.75) is 32.2 Å². The van der Waals surface area contributed by atoms with Crippen molar-refractivity contribution in [3.05, 3.63) is 23.8 Å². The van der Waals surface area contributed by atoms with Crippen molar-refractivity contribution in [1.29, 1.82) is 0 Å². The van der Waals surface area contributed by atoms with E-state index in [1.165, 1.54) is 26.0 Å². The Bertz CT molecular complexity index is 705. The number of carboxylic acid groups (broad SMARTS) is 1. The van der Waals surface area contributed by atoms with Crippen molar-refractivity contribution in [3.63, 3.8) is 0 Å². The Labute approximate surface area is 158 Å². The second-order valence-corrected chi connectivity index (χ2v) is 6.46. The molecule has 1 heterocycles. The van der Waals surface area contributed by atoms with Gasteiger partial charge in [-0.25, -0.2) is 0 Å². The molecule has 1 N–H and O–H groups in total. The molecule has 1 saturated heterocycles. The van der Waals surface area contributed by atoms with Crippen LogP contribution in [0.3, 0.4) is 0 Å². The SMILES string of the molecule is COc1cccc(C(=O)N2CCC[C@H](N(CC(=O)O)C(C)=O)CC2)c1OC. The number of carbonyl (C=O) groups is 3. The van der Waals surface area contributed by atoms with E-state index >= 15 is 0 Å². The molecule has 1 fully saturated rings. The zero-order valence-corrected chi connectivity index (χ0v) is 15.9. The van der Waals surface area contributed by atoms with E-state index in [2.05, 4.69) is 0 Å². The van der Waals surface area contributed by atoms with E-state index in [4.69, 9.17) is 14.6 Å². The van der Waals surface area contributed by atoms with Gasteiger partial charge in [0.15, 0.2) is 11.5 Å². The van der Waals surface area contributed by atoms with Crippen LogP contribution in [0.25, 0.3) is 0 Å². The van der Waals surface area contributed by atoms with Gasteiger partial charge in [-0.05, 0) is 31.4 Å². The highest BCUT2D eigenvalue weighted by Gasteiger charge is 2.29. The summed E-state index contributed by atoms with van der Waals surface area (Å²) in [6.07, 6.45) is 1.88. The topological polar surface area (TPSA) is 96.4 Å². The molecule has 0 radical (unpaired) electrons. The second kappa shape index (κ2) is 9.25. The van der Waals surface area contributed by atoms with Crippen molar-refractivity contribution in [2.75, 3.05) is 33.9 Å².